The number of hydrogen-bond donors (Lipinski definition) is 2. The van der Waals surface area contributed by atoms with Crippen LogP contribution in [0.1, 0.15) is 11.1 Å². The first-order valence-corrected chi connectivity index (χ1v) is 8.00. The van der Waals surface area contributed by atoms with Crippen LogP contribution in [0.5, 0.6) is 0 Å². The van der Waals surface area contributed by atoms with Crippen molar-refractivity contribution < 1.29 is 18.0 Å². The molecule has 6 nitrogen and oxygen atoms in total. The van der Waals surface area contributed by atoms with E-state index < -0.39 is 23.3 Å². The fourth-order valence-electron chi connectivity index (χ4n) is 2.34. The molecule has 2 aromatic heterocycles. The maximum atomic E-state index is 12.7. The number of fused-ring (bicyclic) bond motifs is 1. The maximum absolute atomic E-state index is 12.7. The number of aromatic nitrogens is 2. The summed E-state index contributed by atoms with van der Waals surface area (Å²) in [5.41, 5.74) is -0.844. The Morgan fingerprint density at radius 1 is 1.22 bits per heavy atom. The van der Waals surface area contributed by atoms with Gasteiger partial charge in [-0.2, -0.15) is 13.2 Å². The number of halogens is 4. The first kappa shape index (κ1) is 18.7. The molecule has 10 heteroatoms. The van der Waals surface area contributed by atoms with Crippen LogP contribution in [0.2, 0.25) is 5.02 Å². The van der Waals surface area contributed by atoms with Crippen molar-refractivity contribution in [2.45, 2.75) is 12.7 Å². The molecule has 1 aromatic carbocycles. The van der Waals surface area contributed by atoms with Crippen LogP contribution < -0.4 is 16.2 Å². The van der Waals surface area contributed by atoms with E-state index in [0.29, 0.717) is 10.7 Å². The van der Waals surface area contributed by atoms with Gasteiger partial charge in [-0.25, -0.2) is 9.78 Å². The van der Waals surface area contributed by atoms with Gasteiger partial charge in [0.15, 0.2) is 0 Å². The number of urea groups is 1. The van der Waals surface area contributed by atoms with E-state index in [4.69, 9.17) is 11.6 Å². The highest BCUT2D eigenvalue weighted by Gasteiger charge is 2.30. The molecule has 2 amide bonds. The van der Waals surface area contributed by atoms with E-state index >= 15 is 0 Å². The maximum Gasteiger partial charge on any atom is 0.416 e. The predicted molar refractivity (Wildman–Crippen MR) is 93.8 cm³/mol. The van der Waals surface area contributed by atoms with Crippen LogP contribution in [-0.2, 0) is 12.7 Å². The molecule has 2 heterocycles. The number of pyridine rings is 1. The van der Waals surface area contributed by atoms with E-state index in [2.05, 4.69) is 15.6 Å². The minimum absolute atomic E-state index is 0.101. The summed E-state index contributed by atoms with van der Waals surface area (Å²) in [6, 6.07) is 6.93. The zero-order valence-corrected chi connectivity index (χ0v) is 14.3. The average molecular weight is 397 g/mol. The van der Waals surface area contributed by atoms with Gasteiger partial charge in [0.1, 0.15) is 11.3 Å². The Morgan fingerprint density at radius 3 is 2.74 bits per heavy atom. The summed E-state index contributed by atoms with van der Waals surface area (Å²) in [4.78, 5) is 28.3. The number of nitrogens with zero attached hydrogens (tertiary/aromatic N) is 2. The number of anilines is 1. The fourth-order valence-corrected chi connectivity index (χ4v) is 2.50. The third kappa shape index (κ3) is 4.37. The lowest BCUT2D eigenvalue weighted by Crippen LogP contribution is -2.31. The molecule has 3 rings (SSSR count). The lowest BCUT2D eigenvalue weighted by Gasteiger charge is -2.10. The van der Waals surface area contributed by atoms with E-state index in [9.17, 15) is 22.8 Å². The Balaban J connectivity index is 1.71. The van der Waals surface area contributed by atoms with Crippen LogP contribution in [0.4, 0.5) is 23.7 Å². The zero-order valence-electron chi connectivity index (χ0n) is 13.5. The van der Waals surface area contributed by atoms with Crippen LogP contribution in [0.3, 0.4) is 0 Å². The standard InChI is InChI=1S/C17H12ClF3N4O2/c18-12-4-5-14-22-8-13(15(26)25(14)9-12)24-16(27)23-7-10-2-1-3-11(6-10)17(19,20)21/h1-6,8-9H,7H2,(H2,23,24,27). The largest absolute Gasteiger partial charge is 0.416 e. The molecule has 27 heavy (non-hydrogen) atoms. The molecule has 0 aliphatic carbocycles. The molecule has 0 aliphatic heterocycles. The van der Waals surface area contributed by atoms with Crippen LogP contribution in [-0.4, -0.2) is 15.4 Å². The fraction of sp³-hybridized carbons (Fsp3) is 0.118. The van der Waals surface area contributed by atoms with E-state index in [0.717, 1.165) is 12.1 Å². The van der Waals surface area contributed by atoms with Gasteiger partial charge in [-0.05, 0) is 29.8 Å². The number of hydrogen-bond acceptors (Lipinski definition) is 3. The molecule has 140 valence electrons. The van der Waals surface area contributed by atoms with E-state index in [1.807, 2.05) is 0 Å². The van der Waals surface area contributed by atoms with Gasteiger partial charge in [-0.3, -0.25) is 9.20 Å². The van der Waals surface area contributed by atoms with Crippen molar-refractivity contribution in [1.29, 1.82) is 0 Å². The number of carbonyl (C=O) groups excluding carboxylic acids is 1. The highest BCUT2D eigenvalue weighted by atomic mass is 35.5. The summed E-state index contributed by atoms with van der Waals surface area (Å²) >= 11 is 5.84. The zero-order chi connectivity index (χ0) is 19.6. The molecule has 0 radical (unpaired) electrons. The Labute approximate surface area is 155 Å². The molecule has 0 fully saturated rings. The number of carbonyl (C=O) groups is 1. The lowest BCUT2D eigenvalue weighted by atomic mass is 10.1. The quantitative estimate of drug-likeness (QED) is 0.709. The molecule has 3 aromatic rings. The summed E-state index contributed by atoms with van der Waals surface area (Å²) in [7, 11) is 0. The van der Waals surface area contributed by atoms with Gasteiger partial charge >= 0.3 is 12.2 Å². The van der Waals surface area contributed by atoms with Gasteiger partial charge in [0, 0.05) is 12.7 Å². The Kier molecular flexibility index (Phi) is 5.04. The van der Waals surface area contributed by atoms with Gasteiger partial charge in [0.2, 0.25) is 0 Å². The summed E-state index contributed by atoms with van der Waals surface area (Å²) < 4.78 is 39.3. The molecular formula is C17H12ClF3N4O2. The van der Waals surface area contributed by atoms with Crippen LogP contribution in [0.25, 0.3) is 5.65 Å². The molecule has 0 atom stereocenters. The lowest BCUT2D eigenvalue weighted by molar-refractivity contribution is -0.137. The number of benzene rings is 1. The van der Waals surface area contributed by atoms with Crippen molar-refractivity contribution in [3.05, 3.63) is 75.3 Å². The van der Waals surface area contributed by atoms with Crippen LogP contribution in [0, 0.1) is 0 Å². The molecule has 0 bridgehead atoms. The second kappa shape index (κ2) is 7.28. The molecule has 0 unspecified atom stereocenters. The van der Waals surface area contributed by atoms with Gasteiger partial charge in [0.25, 0.3) is 5.56 Å². The number of alkyl halides is 3. The topological polar surface area (TPSA) is 75.5 Å². The van der Waals surface area contributed by atoms with Gasteiger partial charge in [-0.15, -0.1) is 0 Å². The van der Waals surface area contributed by atoms with E-state index in [-0.39, 0.29) is 17.8 Å². The summed E-state index contributed by atoms with van der Waals surface area (Å²) in [6.45, 7) is -0.149. The average Bonchev–Trinajstić information content (AvgIpc) is 2.62. The Hall–Kier alpha value is -3.07. The monoisotopic (exact) mass is 396 g/mol. The van der Waals surface area contributed by atoms with Crippen molar-refractivity contribution in [1.82, 2.24) is 14.7 Å². The first-order valence-electron chi connectivity index (χ1n) is 7.62. The van der Waals surface area contributed by atoms with Gasteiger partial charge < -0.3 is 10.6 Å². The van der Waals surface area contributed by atoms with Crippen molar-refractivity contribution in [3.8, 4) is 0 Å². The van der Waals surface area contributed by atoms with Gasteiger partial charge in [-0.1, -0.05) is 23.7 Å². The second-order valence-electron chi connectivity index (χ2n) is 5.56. The molecule has 0 saturated heterocycles. The molecule has 2 N–H and O–H groups in total. The molecule has 0 aliphatic rings. The van der Waals surface area contributed by atoms with Crippen LogP contribution in [0.15, 0.2) is 53.6 Å². The third-order valence-electron chi connectivity index (χ3n) is 3.62. The Bertz CT molecular complexity index is 1070. The minimum Gasteiger partial charge on any atom is -0.334 e. The summed E-state index contributed by atoms with van der Waals surface area (Å²) in [6.07, 6.45) is -1.92. The highest BCUT2D eigenvalue weighted by molar-refractivity contribution is 6.30. The van der Waals surface area contributed by atoms with Crippen molar-refractivity contribution >= 4 is 29.0 Å². The van der Waals surface area contributed by atoms with E-state index in [1.165, 1.54) is 28.9 Å². The predicted octanol–water partition coefficient (Wildman–Crippen LogP) is 3.69. The number of nitrogens with one attached hydrogen (secondary N) is 2. The second-order valence-corrected chi connectivity index (χ2v) is 5.99. The van der Waals surface area contributed by atoms with Gasteiger partial charge in [0.05, 0.1) is 16.8 Å². The smallest absolute Gasteiger partial charge is 0.334 e. The van der Waals surface area contributed by atoms with Crippen molar-refractivity contribution in [3.63, 3.8) is 0 Å². The number of amides is 2. The Morgan fingerprint density at radius 2 is 2.00 bits per heavy atom. The normalized spacial score (nSPS) is 11.4. The molecule has 0 saturated carbocycles. The SMILES string of the molecule is O=C(NCc1cccc(C(F)(F)F)c1)Nc1cnc2ccc(Cl)cn2c1=O. The minimum atomic E-state index is -4.47. The van der Waals surface area contributed by atoms with Crippen molar-refractivity contribution in [2.75, 3.05) is 5.32 Å². The molecular weight excluding hydrogens is 385 g/mol. The van der Waals surface area contributed by atoms with Crippen LogP contribution >= 0.6 is 11.6 Å². The summed E-state index contributed by atoms with van der Waals surface area (Å²) in [5.74, 6) is 0. The van der Waals surface area contributed by atoms with E-state index in [1.54, 1.807) is 12.1 Å². The highest BCUT2D eigenvalue weighted by Crippen LogP contribution is 2.29. The number of rotatable bonds is 3. The molecule has 0 spiro atoms. The first-order chi connectivity index (χ1) is 12.7. The third-order valence-corrected chi connectivity index (χ3v) is 3.85. The van der Waals surface area contributed by atoms with Crippen molar-refractivity contribution in [2.24, 2.45) is 0 Å². The summed E-state index contributed by atoms with van der Waals surface area (Å²) in [5, 5.41) is 5.04.